The summed E-state index contributed by atoms with van der Waals surface area (Å²) < 4.78 is 0. The molecule has 0 aromatic carbocycles. The van der Waals surface area contributed by atoms with Crippen LogP contribution in [0.25, 0.3) is 0 Å². The van der Waals surface area contributed by atoms with Gasteiger partial charge < -0.3 is 15.4 Å². The van der Waals surface area contributed by atoms with E-state index in [9.17, 15) is 4.79 Å². The van der Waals surface area contributed by atoms with Crippen LogP contribution in [0.3, 0.4) is 0 Å². The molecule has 0 saturated carbocycles. The van der Waals surface area contributed by atoms with Gasteiger partial charge in [0.05, 0.1) is 12.4 Å². The van der Waals surface area contributed by atoms with Gasteiger partial charge >= 0.3 is 0 Å². The number of nitrogens with zero attached hydrogens (tertiary/aromatic N) is 1. The second kappa shape index (κ2) is 5.14. The normalized spacial score (nSPS) is 14.7. The van der Waals surface area contributed by atoms with Gasteiger partial charge in [-0.05, 0) is 20.3 Å². The maximum atomic E-state index is 11.1. The maximum absolute atomic E-state index is 11.1. The van der Waals surface area contributed by atoms with Crippen molar-refractivity contribution in [1.29, 1.82) is 0 Å². The molecule has 3 N–H and O–H groups in total. The number of rotatable bonds is 4. The van der Waals surface area contributed by atoms with Gasteiger partial charge in [0.25, 0.3) is 5.56 Å². The number of aromatic nitrogens is 2. The number of aliphatic hydroxyl groups excluding tert-OH is 1. The molecule has 2 atom stereocenters. The Morgan fingerprint density at radius 3 is 2.93 bits per heavy atom. The van der Waals surface area contributed by atoms with Crippen LogP contribution in [0.15, 0.2) is 11.1 Å². The molecule has 0 aliphatic carbocycles. The van der Waals surface area contributed by atoms with Gasteiger partial charge in [-0.15, -0.1) is 0 Å². The number of nitrogens with one attached hydrogen (secondary N) is 2. The third-order valence-corrected chi connectivity index (χ3v) is 2.22. The van der Waals surface area contributed by atoms with Crippen LogP contribution in [-0.2, 0) is 0 Å². The highest BCUT2D eigenvalue weighted by molar-refractivity contribution is 6.32. The van der Waals surface area contributed by atoms with Gasteiger partial charge in [0, 0.05) is 6.04 Å². The molecular weight excluding hydrogens is 218 g/mol. The van der Waals surface area contributed by atoms with Gasteiger partial charge in [-0.2, -0.15) is 0 Å². The molecule has 1 aromatic heterocycles. The predicted octanol–water partition coefficient (Wildman–Crippen LogP) is 0.995. The van der Waals surface area contributed by atoms with Crippen LogP contribution in [0.4, 0.5) is 5.82 Å². The lowest BCUT2D eigenvalue weighted by molar-refractivity contribution is 0.179. The van der Waals surface area contributed by atoms with Crippen molar-refractivity contribution in [3.63, 3.8) is 0 Å². The van der Waals surface area contributed by atoms with E-state index in [4.69, 9.17) is 16.7 Å². The molecule has 0 bridgehead atoms. The van der Waals surface area contributed by atoms with E-state index < -0.39 is 6.10 Å². The first-order valence-electron chi connectivity index (χ1n) is 4.68. The van der Waals surface area contributed by atoms with Crippen molar-refractivity contribution < 1.29 is 5.11 Å². The smallest absolute Gasteiger partial charge is 0.271 e. The average molecular weight is 232 g/mol. The van der Waals surface area contributed by atoms with Crippen molar-refractivity contribution in [2.24, 2.45) is 0 Å². The SMILES string of the molecule is CC(O)CC(C)Nc1nc[nH]c(=O)c1Cl. The molecule has 2 unspecified atom stereocenters. The van der Waals surface area contributed by atoms with Crippen molar-refractivity contribution in [2.45, 2.75) is 32.4 Å². The van der Waals surface area contributed by atoms with Gasteiger partial charge in [0.1, 0.15) is 5.02 Å². The lowest BCUT2D eigenvalue weighted by atomic mass is 10.1. The molecule has 0 saturated heterocycles. The first-order valence-corrected chi connectivity index (χ1v) is 5.06. The van der Waals surface area contributed by atoms with E-state index in [0.29, 0.717) is 12.2 Å². The quantitative estimate of drug-likeness (QED) is 0.722. The summed E-state index contributed by atoms with van der Waals surface area (Å²) in [6.45, 7) is 3.58. The van der Waals surface area contributed by atoms with Crippen molar-refractivity contribution in [1.82, 2.24) is 9.97 Å². The molecular formula is C9H14ClN3O2. The number of hydrogen-bond donors (Lipinski definition) is 3. The number of halogens is 1. The Labute approximate surface area is 92.5 Å². The van der Waals surface area contributed by atoms with E-state index in [1.54, 1.807) is 6.92 Å². The fraction of sp³-hybridized carbons (Fsp3) is 0.556. The summed E-state index contributed by atoms with van der Waals surface area (Å²) >= 11 is 5.74. The Hall–Kier alpha value is -1.07. The zero-order valence-corrected chi connectivity index (χ0v) is 9.38. The molecule has 0 amide bonds. The van der Waals surface area contributed by atoms with Crippen LogP contribution in [0.5, 0.6) is 0 Å². The highest BCUT2D eigenvalue weighted by Gasteiger charge is 2.10. The molecule has 0 aliphatic rings. The van der Waals surface area contributed by atoms with Crippen molar-refractivity contribution >= 4 is 17.4 Å². The molecule has 84 valence electrons. The predicted molar refractivity (Wildman–Crippen MR) is 59.3 cm³/mol. The van der Waals surface area contributed by atoms with Gasteiger partial charge in [0.2, 0.25) is 0 Å². The molecule has 6 heteroatoms. The van der Waals surface area contributed by atoms with E-state index in [0.717, 1.165) is 0 Å². The highest BCUT2D eigenvalue weighted by Crippen LogP contribution is 2.14. The van der Waals surface area contributed by atoms with Crippen LogP contribution >= 0.6 is 11.6 Å². The number of hydrogen-bond acceptors (Lipinski definition) is 4. The third kappa shape index (κ3) is 3.53. The summed E-state index contributed by atoms with van der Waals surface area (Å²) in [6.07, 6.45) is 1.43. The highest BCUT2D eigenvalue weighted by atomic mass is 35.5. The fourth-order valence-electron chi connectivity index (χ4n) is 1.29. The van der Waals surface area contributed by atoms with Crippen molar-refractivity contribution in [3.8, 4) is 0 Å². The van der Waals surface area contributed by atoms with E-state index >= 15 is 0 Å². The minimum Gasteiger partial charge on any atom is -0.393 e. The Morgan fingerprint density at radius 2 is 2.33 bits per heavy atom. The summed E-state index contributed by atoms with van der Waals surface area (Å²) in [6, 6.07) is -0.00296. The number of aliphatic hydroxyl groups is 1. The summed E-state index contributed by atoms with van der Waals surface area (Å²) in [5.74, 6) is 0.341. The number of anilines is 1. The van der Waals surface area contributed by atoms with Crippen LogP contribution < -0.4 is 10.9 Å². The number of aromatic amines is 1. The van der Waals surface area contributed by atoms with Gasteiger partial charge in [-0.3, -0.25) is 4.79 Å². The molecule has 1 heterocycles. The molecule has 5 nitrogen and oxygen atoms in total. The first-order chi connectivity index (χ1) is 7.00. The first kappa shape index (κ1) is 12.0. The van der Waals surface area contributed by atoms with Crippen LogP contribution in [-0.4, -0.2) is 27.2 Å². The summed E-state index contributed by atoms with van der Waals surface area (Å²) in [5.41, 5.74) is -0.376. The molecule has 0 radical (unpaired) electrons. The largest absolute Gasteiger partial charge is 0.393 e. The molecule has 0 aliphatic heterocycles. The van der Waals surface area contributed by atoms with Gasteiger partial charge in [-0.25, -0.2) is 4.98 Å². The summed E-state index contributed by atoms with van der Waals surface area (Å²) in [5, 5.41) is 12.2. The lowest BCUT2D eigenvalue weighted by Gasteiger charge is -2.16. The van der Waals surface area contributed by atoms with E-state index in [2.05, 4.69) is 15.3 Å². The maximum Gasteiger partial charge on any atom is 0.271 e. The van der Waals surface area contributed by atoms with E-state index in [1.165, 1.54) is 6.33 Å². The van der Waals surface area contributed by atoms with Crippen molar-refractivity contribution in [2.75, 3.05) is 5.32 Å². The van der Waals surface area contributed by atoms with Gasteiger partial charge in [0.15, 0.2) is 5.82 Å². The zero-order valence-electron chi connectivity index (χ0n) is 8.62. The minimum absolute atomic E-state index is 0.00296. The second-order valence-corrected chi connectivity index (χ2v) is 3.90. The van der Waals surface area contributed by atoms with Crippen LogP contribution in [0, 0.1) is 0 Å². The summed E-state index contributed by atoms with van der Waals surface area (Å²) in [4.78, 5) is 17.4. The molecule has 1 aromatic rings. The average Bonchev–Trinajstić information content (AvgIpc) is 2.11. The van der Waals surface area contributed by atoms with Gasteiger partial charge in [-0.1, -0.05) is 11.6 Å². The Balaban J connectivity index is 2.72. The molecule has 1 rings (SSSR count). The monoisotopic (exact) mass is 231 g/mol. The van der Waals surface area contributed by atoms with Crippen LogP contribution in [0.1, 0.15) is 20.3 Å². The lowest BCUT2D eigenvalue weighted by Crippen LogP contribution is -2.23. The minimum atomic E-state index is -0.409. The molecule has 0 spiro atoms. The molecule has 0 fully saturated rings. The van der Waals surface area contributed by atoms with Crippen molar-refractivity contribution in [3.05, 3.63) is 21.7 Å². The standard InChI is InChI=1S/C9H14ClN3O2/c1-5(3-6(2)14)13-8-7(10)9(15)12-4-11-8/h4-6,14H,3H2,1-2H3,(H2,11,12,13,15). The summed E-state index contributed by atoms with van der Waals surface area (Å²) in [7, 11) is 0. The van der Waals surface area contributed by atoms with E-state index in [1.807, 2.05) is 6.92 Å². The Kier molecular flexibility index (Phi) is 4.11. The van der Waals surface area contributed by atoms with E-state index in [-0.39, 0.29) is 16.6 Å². The second-order valence-electron chi connectivity index (χ2n) is 3.52. The fourth-order valence-corrected chi connectivity index (χ4v) is 1.45. The third-order valence-electron chi connectivity index (χ3n) is 1.87. The molecule has 15 heavy (non-hydrogen) atoms. The topological polar surface area (TPSA) is 78.0 Å². The Bertz CT molecular complexity index is 378. The Morgan fingerprint density at radius 1 is 1.67 bits per heavy atom. The van der Waals surface area contributed by atoms with Crippen LogP contribution in [0.2, 0.25) is 5.02 Å². The zero-order chi connectivity index (χ0) is 11.4. The number of H-pyrrole nitrogens is 1.